The van der Waals surface area contributed by atoms with E-state index in [1.165, 1.54) is 0 Å². The molecule has 0 N–H and O–H groups in total. The third-order valence-corrected chi connectivity index (χ3v) is 5.82. The first-order chi connectivity index (χ1) is 10.4. The molecule has 1 aromatic heterocycles. The van der Waals surface area contributed by atoms with E-state index in [1.807, 2.05) is 33.8 Å². The van der Waals surface area contributed by atoms with E-state index in [-0.39, 0.29) is 12.2 Å². The van der Waals surface area contributed by atoms with Crippen LogP contribution in [0.25, 0.3) is 0 Å². The lowest BCUT2D eigenvalue weighted by Crippen LogP contribution is -2.39. The number of morpholine rings is 1. The summed E-state index contributed by atoms with van der Waals surface area (Å²) in [6.07, 6.45) is 1.17. The Kier molecular flexibility index (Phi) is 6.24. The van der Waals surface area contributed by atoms with E-state index in [2.05, 4.69) is 4.90 Å². The van der Waals surface area contributed by atoms with Crippen LogP contribution in [0.4, 0.5) is 0 Å². The standard InChI is InChI=1S/C15H26NO5P/c1-12(2)20-22(17,21-13(3)4)15(14-6-5-9-19-14)16-7-10-18-11-8-16/h5-6,9,12-13,15H,7-8,10-11H2,1-4H3. The molecule has 0 bridgehead atoms. The summed E-state index contributed by atoms with van der Waals surface area (Å²) in [5.41, 5.74) is 0. The maximum absolute atomic E-state index is 13.5. The molecular weight excluding hydrogens is 305 g/mol. The summed E-state index contributed by atoms with van der Waals surface area (Å²) in [5, 5.41) is 0. The molecular formula is C15H26NO5P. The third-order valence-electron chi connectivity index (χ3n) is 3.20. The highest BCUT2D eigenvalue weighted by molar-refractivity contribution is 7.54. The quantitative estimate of drug-likeness (QED) is 0.711. The van der Waals surface area contributed by atoms with Gasteiger partial charge in [0.15, 0.2) is 5.78 Å². The lowest BCUT2D eigenvalue weighted by Gasteiger charge is -2.37. The Morgan fingerprint density at radius 3 is 2.18 bits per heavy atom. The van der Waals surface area contributed by atoms with Crippen LogP contribution in [0.1, 0.15) is 39.2 Å². The smallest absolute Gasteiger partial charge is 0.355 e. The van der Waals surface area contributed by atoms with E-state index < -0.39 is 13.4 Å². The largest absolute Gasteiger partial charge is 0.467 e. The van der Waals surface area contributed by atoms with Crippen molar-refractivity contribution in [1.29, 1.82) is 0 Å². The van der Waals surface area contributed by atoms with Gasteiger partial charge in [0.25, 0.3) is 0 Å². The number of hydrogen-bond donors (Lipinski definition) is 0. The summed E-state index contributed by atoms with van der Waals surface area (Å²) in [5.74, 6) is 0.0581. The summed E-state index contributed by atoms with van der Waals surface area (Å²) in [6, 6.07) is 3.61. The minimum absolute atomic E-state index is 0.205. The van der Waals surface area contributed by atoms with Gasteiger partial charge in [-0.3, -0.25) is 9.46 Å². The van der Waals surface area contributed by atoms with Crippen molar-refractivity contribution in [1.82, 2.24) is 4.90 Å². The Morgan fingerprint density at radius 1 is 1.14 bits per heavy atom. The zero-order chi connectivity index (χ0) is 16.2. The minimum Gasteiger partial charge on any atom is -0.467 e. The van der Waals surface area contributed by atoms with Crippen molar-refractivity contribution in [2.24, 2.45) is 0 Å². The Bertz CT molecular complexity index is 468. The van der Waals surface area contributed by atoms with Gasteiger partial charge in [0.1, 0.15) is 5.76 Å². The molecule has 1 atom stereocenters. The highest BCUT2D eigenvalue weighted by Crippen LogP contribution is 2.63. The first-order valence-corrected chi connectivity index (χ1v) is 9.35. The van der Waals surface area contributed by atoms with Gasteiger partial charge < -0.3 is 18.2 Å². The van der Waals surface area contributed by atoms with Crippen molar-refractivity contribution in [2.75, 3.05) is 26.3 Å². The molecule has 126 valence electrons. The highest BCUT2D eigenvalue weighted by Gasteiger charge is 2.45. The van der Waals surface area contributed by atoms with Crippen LogP contribution in [-0.4, -0.2) is 43.4 Å². The monoisotopic (exact) mass is 331 g/mol. The first kappa shape index (κ1) is 17.7. The normalized spacial score (nSPS) is 19.0. The average Bonchev–Trinajstić information content (AvgIpc) is 2.91. The van der Waals surface area contributed by atoms with Gasteiger partial charge in [-0.2, -0.15) is 0 Å². The van der Waals surface area contributed by atoms with Crippen LogP contribution in [0.3, 0.4) is 0 Å². The summed E-state index contributed by atoms with van der Waals surface area (Å²) in [7, 11) is -3.42. The molecule has 2 heterocycles. The molecule has 1 unspecified atom stereocenters. The van der Waals surface area contributed by atoms with Crippen molar-refractivity contribution < 1.29 is 22.8 Å². The molecule has 22 heavy (non-hydrogen) atoms. The molecule has 2 rings (SSSR count). The number of nitrogens with zero attached hydrogens (tertiary/aromatic N) is 1. The molecule has 7 heteroatoms. The molecule has 0 aliphatic carbocycles. The van der Waals surface area contributed by atoms with Crippen LogP contribution >= 0.6 is 7.60 Å². The van der Waals surface area contributed by atoms with Gasteiger partial charge in [0.05, 0.1) is 31.7 Å². The minimum atomic E-state index is -3.42. The second-order valence-corrected chi connectivity index (χ2v) is 7.88. The molecule has 0 spiro atoms. The molecule has 6 nitrogen and oxygen atoms in total. The van der Waals surface area contributed by atoms with Crippen LogP contribution < -0.4 is 0 Å². The maximum atomic E-state index is 13.5. The lowest BCUT2D eigenvalue weighted by molar-refractivity contribution is 0.0162. The average molecular weight is 331 g/mol. The Hall–Kier alpha value is -0.650. The molecule has 1 aliphatic rings. The maximum Gasteiger partial charge on any atom is 0.355 e. The fourth-order valence-corrected chi connectivity index (χ4v) is 5.07. The molecule has 0 amide bonds. The molecule has 0 radical (unpaired) electrons. The van der Waals surface area contributed by atoms with E-state index in [9.17, 15) is 4.57 Å². The fraction of sp³-hybridized carbons (Fsp3) is 0.733. The lowest BCUT2D eigenvalue weighted by atomic mass is 10.3. The van der Waals surface area contributed by atoms with Crippen LogP contribution in [0.15, 0.2) is 22.8 Å². The molecule has 0 aromatic carbocycles. The van der Waals surface area contributed by atoms with Gasteiger partial charge in [-0.05, 0) is 39.8 Å². The van der Waals surface area contributed by atoms with Crippen molar-refractivity contribution in [3.05, 3.63) is 24.2 Å². The topological polar surface area (TPSA) is 61.1 Å². The predicted octanol–water partition coefficient (Wildman–Crippen LogP) is 3.65. The van der Waals surface area contributed by atoms with Gasteiger partial charge in [-0.25, -0.2) is 0 Å². The van der Waals surface area contributed by atoms with E-state index in [1.54, 1.807) is 12.3 Å². The first-order valence-electron chi connectivity index (χ1n) is 7.74. The second kappa shape index (κ2) is 7.75. The third kappa shape index (κ3) is 4.43. The van der Waals surface area contributed by atoms with Crippen molar-refractivity contribution in [3.63, 3.8) is 0 Å². The Balaban J connectivity index is 2.36. The number of rotatable bonds is 7. The van der Waals surface area contributed by atoms with Crippen LogP contribution in [-0.2, 0) is 18.3 Å². The summed E-state index contributed by atoms with van der Waals surface area (Å²) >= 11 is 0. The predicted molar refractivity (Wildman–Crippen MR) is 83.9 cm³/mol. The van der Waals surface area contributed by atoms with Gasteiger partial charge in [-0.1, -0.05) is 0 Å². The second-order valence-electron chi connectivity index (χ2n) is 5.89. The van der Waals surface area contributed by atoms with E-state index in [4.69, 9.17) is 18.2 Å². The summed E-state index contributed by atoms with van der Waals surface area (Å²) in [6.45, 7) is 9.95. The van der Waals surface area contributed by atoms with Crippen molar-refractivity contribution in [2.45, 2.75) is 45.7 Å². The SMILES string of the molecule is CC(C)OP(=O)(OC(C)C)C(c1ccco1)N1CCOCC1. The van der Waals surface area contributed by atoms with Crippen LogP contribution in [0.5, 0.6) is 0 Å². The molecule has 1 fully saturated rings. The van der Waals surface area contributed by atoms with Gasteiger partial charge in [-0.15, -0.1) is 0 Å². The number of furan rings is 1. The molecule has 1 saturated heterocycles. The molecule has 1 aliphatic heterocycles. The van der Waals surface area contributed by atoms with Gasteiger partial charge in [0, 0.05) is 13.1 Å². The van der Waals surface area contributed by atoms with Crippen molar-refractivity contribution >= 4 is 7.60 Å². The highest BCUT2D eigenvalue weighted by atomic mass is 31.2. The zero-order valence-corrected chi connectivity index (χ0v) is 14.6. The van der Waals surface area contributed by atoms with Gasteiger partial charge in [0.2, 0.25) is 0 Å². The molecule has 0 saturated carbocycles. The summed E-state index contributed by atoms with van der Waals surface area (Å²) in [4.78, 5) is 2.06. The Morgan fingerprint density at radius 2 is 1.73 bits per heavy atom. The number of hydrogen-bond acceptors (Lipinski definition) is 6. The summed E-state index contributed by atoms with van der Waals surface area (Å²) < 4.78 is 36.0. The Labute approximate surface area is 132 Å². The van der Waals surface area contributed by atoms with E-state index >= 15 is 0 Å². The van der Waals surface area contributed by atoms with Crippen molar-refractivity contribution in [3.8, 4) is 0 Å². The zero-order valence-electron chi connectivity index (χ0n) is 13.7. The number of ether oxygens (including phenoxy) is 1. The van der Waals surface area contributed by atoms with Crippen LogP contribution in [0, 0.1) is 0 Å². The molecule has 1 aromatic rings. The van der Waals surface area contributed by atoms with E-state index in [0.29, 0.717) is 32.1 Å². The van der Waals surface area contributed by atoms with Gasteiger partial charge >= 0.3 is 7.60 Å². The fourth-order valence-electron chi connectivity index (χ4n) is 2.52. The van der Waals surface area contributed by atoms with E-state index in [0.717, 1.165) is 0 Å². The van der Waals surface area contributed by atoms with Crippen LogP contribution in [0.2, 0.25) is 0 Å².